The number of hydrazone groups is 1. The van der Waals surface area contributed by atoms with Crippen molar-refractivity contribution in [1.82, 2.24) is 9.99 Å². The Hall–Kier alpha value is -4.44. The fourth-order valence-corrected chi connectivity index (χ4v) is 5.36. The third-order valence-electron chi connectivity index (χ3n) is 6.85. The Labute approximate surface area is 238 Å². The van der Waals surface area contributed by atoms with E-state index >= 15 is 0 Å². The molecule has 0 radical (unpaired) electrons. The molecular weight excluding hydrogens is 578 g/mol. The number of aromatic nitrogens is 1. The SMILES string of the molecule is COc1ccc([C@H]2CC(c3c(-c4ccccc4)c4cc(Br)ccc4[nH]c3=O)=NN2C(=O)CCC(=O)O)c(OC)c1. The summed E-state index contributed by atoms with van der Waals surface area (Å²) in [5.74, 6) is -0.498. The molecule has 204 valence electrons. The molecule has 1 atom stereocenters. The number of amides is 1. The van der Waals surface area contributed by atoms with Crippen LogP contribution < -0.4 is 15.0 Å². The number of nitrogens with one attached hydrogen (secondary N) is 1. The minimum atomic E-state index is -1.08. The lowest BCUT2D eigenvalue weighted by Crippen LogP contribution is -2.27. The van der Waals surface area contributed by atoms with Gasteiger partial charge in [0.05, 0.1) is 38.0 Å². The highest BCUT2D eigenvalue weighted by molar-refractivity contribution is 9.10. The van der Waals surface area contributed by atoms with Crippen LogP contribution in [0, 0.1) is 0 Å². The van der Waals surface area contributed by atoms with E-state index < -0.39 is 17.9 Å². The molecule has 1 aliphatic heterocycles. The quantitative estimate of drug-likeness (QED) is 0.273. The largest absolute Gasteiger partial charge is 0.497 e. The highest BCUT2D eigenvalue weighted by Gasteiger charge is 2.37. The van der Waals surface area contributed by atoms with Gasteiger partial charge in [0.1, 0.15) is 11.5 Å². The molecular formula is C30H26BrN3O6. The number of benzene rings is 3. The Kier molecular flexibility index (Phi) is 7.70. The van der Waals surface area contributed by atoms with Crippen LogP contribution in [-0.4, -0.2) is 46.9 Å². The number of halogens is 1. The van der Waals surface area contributed by atoms with E-state index in [0.29, 0.717) is 39.4 Å². The number of carbonyl (C=O) groups is 2. The van der Waals surface area contributed by atoms with Gasteiger partial charge in [-0.3, -0.25) is 14.4 Å². The first kappa shape index (κ1) is 27.1. The normalized spacial score (nSPS) is 14.7. The molecule has 0 aliphatic carbocycles. The molecule has 10 heteroatoms. The number of aliphatic carboxylic acids is 1. The van der Waals surface area contributed by atoms with Crippen molar-refractivity contribution in [3.63, 3.8) is 0 Å². The van der Waals surface area contributed by atoms with Crippen molar-refractivity contribution in [3.8, 4) is 22.6 Å². The number of hydrogen-bond acceptors (Lipinski definition) is 6. The van der Waals surface area contributed by atoms with Crippen molar-refractivity contribution in [2.45, 2.75) is 25.3 Å². The van der Waals surface area contributed by atoms with Crippen LogP contribution in [0.5, 0.6) is 11.5 Å². The standard InChI is InChI=1S/C30H26BrN3O6/c1-39-19-9-10-20(25(15-19)40-2)24-16-23(33-34(24)26(35)12-13-27(36)37)29-28(17-6-4-3-5-7-17)21-14-18(31)8-11-22(21)32-30(29)38/h3-11,14-15,24H,12-13,16H2,1-2H3,(H,32,38)(H,36,37)/t24-/m1/s1. The number of ether oxygens (including phenoxy) is 2. The molecule has 2 N–H and O–H groups in total. The maximum Gasteiger partial charge on any atom is 0.303 e. The third kappa shape index (κ3) is 5.22. The third-order valence-corrected chi connectivity index (χ3v) is 7.34. The summed E-state index contributed by atoms with van der Waals surface area (Å²) in [6.07, 6.45) is -0.371. The van der Waals surface area contributed by atoms with Crippen LogP contribution in [-0.2, 0) is 9.59 Å². The van der Waals surface area contributed by atoms with Gasteiger partial charge >= 0.3 is 5.97 Å². The molecule has 1 aromatic heterocycles. The van der Waals surface area contributed by atoms with E-state index in [1.54, 1.807) is 25.3 Å². The maximum atomic E-state index is 13.7. The number of carbonyl (C=O) groups excluding carboxylic acids is 1. The zero-order valence-corrected chi connectivity index (χ0v) is 23.4. The predicted molar refractivity (Wildman–Crippen MR) is 155 cm³/mol. The summed E-state index contributed by atoms with van der Waals surface area (Å²) >= 11 is 3.54. The van der Waals surface area contributed by atoms with E-state index in [0.717, 1.165) is 15.4 Å². The molecule has 0 fully saturated rings. The van der Waals surface area contributed by atoms with Crippen LogP contribution in [0.2, 0.25) is 0 Å². The lowest BCUT2D eigenvalue weighted by atomic mass is 9.91. The van der Waals surface area contributed by atoms with Crippen molar-refractivity contribution in [1.29, 1.82) is 0 Å². The summed E-state index contributed by atoms with van der Waals surface area (Å²) in [4.78, 5) is 41.2. The molecule has 2 heterocycles. The Balaban J connectivity index is 1.71. The zero-order valence-electron chi connectivity index (χ0n) is 21.8. The number of rotatable bonds is 8. The minimum absolute atomic E-state index is 0.212. The van der Waals surface area contributed by atoms with Gasteiger partial charge in [0.15, 0.2) is 0 Å². The molecule has 3 aromatic carbocycles. The Bertz CT molecular complexity index is 1700. The van der Waals surface area contributed by atoms with Crippen molar-refractivity contribution in [3.05, 3.63) is 92.7 Å². The molecule has 5 rings (SSSR count). The molecule has 0 saturated carbocycles. The van der Waals surface area contributed by atoms with Gasteiger partial charge in [-0.1, -0.05) is 46.3 Å². The van der Waals surface area contributed by atoms with Gasteiger partial charge in [0.2, 0.25) is 5.91 Å². The van der Waals surface area contributed by atoms with Crippen LogP contribution in [0.1, 0.15) is 36.4 Å². The van der Waals surface area contributed by atoms with Crippen molar-refractivity contribution < 1.29 is 24.2 Å². The smallest absolute Gasteiger partial charge is 0.303 e. The number of hydrogen-bond donors (Lipinski definition) is 2. The minimum Gasteiger partial charge on any atom is -0.497 e. The number of H-pyrrole nitrogens is 1. The molecule has 0 bridgehead atoms. The fourth-order valence-electron chi connectivity index (χ4n) is 5.00. The lowest BCUT2D eigenvalue weighted by molar-refractivity contribution is -0.141. The fraction of sp³-hybridized carbons (Fsp3) is 0.200. The molecule has 9 nitrogen and oxygen atoms in total. The number of aromatic amines is 1. The maximum absolute atomic E-state index is 13.7. The second kappa shape index (κ2) is 11.4. The van der Waals surface area contributed by atoms with Crippen molar-refractivity contribution in [2.24, 2.45) is 5.10 Å². The van der Waals surface area contributed by atoms with Gasteiger partial charge in [-0.25, -0.2) is 5.01 Å². The zero-order chi connectivity index (χ0) is 28.4. The monoisotopic (exact) mass is 603 g/mol. The van der Waals surface area contributed by atoms with Gasteiger partial charge in [-0.15, -0.1) is 0 Å². The van der Waals surface area contributed by atoms with E-state index in [4.69, 9.17) is 9.47 Å². The highest BCUT2D eigenvalue weighted by Crippen LogP contribution is 2.41. The topological polar surface area (TPSA) is 121 Å². The second-order valence-electron chi connectivity index (χ2n) is 9.27. The average Bonchev–Trinajstić information content (AvgIpc) is 3.40. The van der Waals surface area contributed by atoms with Crippen LogP contribution in [0.4, 0.5) is 0 Å². The Morgan fingerprint density at radius 2 is 1.80 bits per heavy atom. The number of fused-ring (bicyclic) bond motifs is 1. The van der Waals surface area contributed by atoms with Gasteiger partial charge in [0, 0.05) is 45.4 Å². The second-order valence-corrected chi connectivity index (χ2v) is 10.2. The summed E-state index contributed by atoms with van der Waals surface area (Å²) < 4.78 is 11.8. The first-order valence-electron chi connectivity index (χ1n) is 12.5. The van der Waals surface area contributed by atoms with Crippen molar-refractivity contribution in [2.75, 3.05) is 14.2 Å². The van der Waals surface area contributed by atoms with E-state index in [2.05, 4.69) is 26.0 Å². The molecule has 0 saturated heterocycles. The van der Waals surface area contributed by atoms with Gasteiger partial charge in [-0.2, -0.15) is 5.10 Å². The van der Waals surface area contributed by atoms with E-state index in [1.165, 1.54) is 12.1 Å². The summed E-state index contributed by atoms with van der Waals surface area (Å²) in [7, 11) is 3.06. The van der Waals surface area contributed by atoms with E-state index in [9.17, 15) is 19.5 Å². The summed E-state index contributed by atoms with van der Waals surface area (Å²) in [6, 6.07) is 19.8. The average molecular weight is 604 g/mol. The highest BCUT2D eigenvalue weighted by atomic mass is 79.9. The number of methoxy groups -OCH3 is 2. The number of pyridine rings is 1. The number of carboxylic acid groups (broad SMARTS) is 1. The first-order valence-corrected chi connectivity index (χ1v) is 13.3. The van der Waals surface area contributed by atoms with Crippen LogP contribution in [0.25, 0.3) is 22.0 Å². The molecule has 0 spiro atoms. The summed E-state index contributed by atoms with van der Waals surface area (Å²) in [6.45, 7) is 0. The van der Waals surface area contributed by atoms with Gasteiger partial charge < -0.3 is 19.6 Å². The summed E-state index contributed by atoms with van der Waals surface area (Å²) in [5, 5.41) is 16.0. The lowest BCUT2D eigenvalue weighted by Gasteiger charge is -2.24. The number of nitrogens with zero attached hydrogens (tertiary/aromatic N) is 2. The molecule has 40 heavy (non-hydrogen) atoms. The molecule has 0 unspecified atom stereocenters. The van der Waals surface area contributed by atoms with E-state index in [-0.39, 0.29) is 24.8 Å². The molecule has 4 aromatic rings. The van der Waals surface area contributed by atoms with Crippen LogP contribution in [0.15, 0.2) is 81.1 Å². The predicted octanol–water partition coefficient (Wildman–Crippen LogP) is 5.52. The summed E-state index contributed by atoms with van der Waals surface area (Å²) in [5.41, 5.74) is 3.26. The Morgan fingerprint density at radius 3 is 2.50 bits per heavy atom. The van der Waals surface area contributed by atoms with Gasteiger partial charge in [0.25, 0.3) is 5.56 Å². The van der Waals surface area contributed by atoms with Crippen LogP contribution in [0.3, 0.4) is 0 Å². The first-order chi connectivity index (χ1) is 19.3. The molecule has 1 aliphatic rings. The number of carboxylic acids is 1. The van der Waals surface area contributed by atoms with Gasteiger partial charge in [-0.05, 0) is 35.9 Å². The van der Waals surface area contributed by atoms with Crippen molar-refractivity contribution >= 4 is 44.4 Å². The Morgan fingerprint density at radius 1 is 1.02 bits per heavy atom. The van der Waals surface area contributed by atoms with Crippen LogP contribution >= 0.6 is 15.9 Å². The molecule has 1 amide bonds. The van der Waals surface area contributed by atoms with E-state index in [1.807, 2.05) is 48.5 Å².